The Morgan fingerprint density at radius 1 is 1.11 bits per heavy atom. The van der Waals surface area contributed by atoms with Crippen molar-refractivity contribution in [1.29, 1.82) is 0 Å². The minimum atomic E-state index is -0.401. The number of aromatic nitrogens is 2. The summed E-state index contributed by atoms with van der Waals surface area (Å²) in [6.45, 7) is 4.90. The topological polar surface area (TPSA) is 67.4 Å². The molecule has 3 aromatic rings. The van der Waals surface area contributed by atoms with Gasteiger partial charge in [0.15, 0.2) is 0 Å². The molecule has 1 heterocycles. The molecule has 27 heavy (non-hydrogen) atoms. The zero-order valence-corrected chi connectivity index (χ0v) is 15.6. The Kier molecular flexibility index (Phi) is 5.66. The zero-order chi connectivity index (χ0) is 19.2. The van der Waals surface area contributed by atoms with Gasteiger partial charge in [-0.25, -0.2) is 14.8 Å². The van der Waals surface area contributed by atoms with Gasteiger partial charge in [-0.15, -0.1) is 0 Å². The van der Waals surface area contributed by atoms with Crippen LogP contribution in [0, 0.1) is 6.92 Å². The van der Waals surface area contributed by atoms with Crippen molar-refractivity contribution in [2.45, 2.75) is 13.8 Å². The first-order valence-electron chi connectivity index (χ1n) is 8.73. The van der Waals surface area contributed by atoms with E-state index >= 15 is 0 Å². The second-order valence-corrected chi connectivity index (χ2v) is 6.01. The second-order valence-electron chi connectivity index (χ2n) is 6.01. The third-order valence-electron chi connectivity index (χ3n) is 4.15. The Labute approximate surface area is 158 Å². The van der Waals surface area contributed by atoms with E-state index in [-0.39, 0.29) is 0 Å². The van der Waals surface area contributed by atoms with Gasteiger partial charge in [0.05, 0.1) is 18.4 Å². The van der Waals surface area contributed by atoms with Gasteiger partial charge in [-0.1, -0.05) is 24.3 Å². The Morgan fingerprint density at radius 3 is 2.67 bits per heavy atom. The first-order chi connectivity index (χ1) is 13.1. The summed E-state index contributed by atoms with van der Waals surface area (Å²) in [7, 11) is 1.36. The number of carbonyl (C=O) groups is 1. The molecule has 6 heteroatoms. The molecule has 1 aromatic heterocycles. The molecule has 0 radical (unpaired) electrons. The lowest BCUT2D eigenvalue weighted by molar-refractivity contribution is 0.0602. The summed E-state index contributed by atoms with van der Waals surface area (Å²) < 4.78 is 4.84. The van der Waals surface area contributed by atoms with Crippen molar-refractivity contribution in [2.24, 2.45) is 0 Å². The van der Waals surface area contributed by atoms with E-state index in [1.807, 2.05) is 24.3 Å². The molecule has 0 saturated heterocycles. The first-order valence-corrected chi connectivity index (χ1v) is 8.73. The summed E-state index contributed by atoms with van der Waals surface area (Å²) >= 11 is 0. The van der Waals surface area contributed by atoms with Gasteiger partial charge in [-0.05, 0) is 43.7 Å². The Balaban J connectivity index is 1.91. The molecule has 138 valence electrons. The molecule has 6 nitrogen and oxygen atoms in total. The number of aryl methyl sites for hydroxylation is 1. The van der Waals surface area contributed by atoms with Crippen molar-refractivity contribution < 1.29 is 9.53 Å². The van der Waals surface area contributed by atoms with Gasteiger partial charge in [-0.3, -0.25) is 0 Å². The number of nitrogens with one attached hydrogen (secondary N) is 1. The number of methoxy groups -OCH3 is 1. The van der Waals surface area contributed by atoms with Gasteiger partial charge in [-0.2, -0.15) is 0 Å². The van der Waals surface area contributed by atoms with E-state index in [1.165, 1.54) is 19.0 Å². The number of para-hydroxylation sites is 1. The van der Waals surface area contributed by atoms with Gasteiger partial charge in [0.25, 0.3) is 0 Å². The maximum Gasteiger partial charge on any atom is 0.339 e. The average molecular weight is 362 g/mol. The van der Waals surface area contributed by atoms with Crippen LogP contribution in [0.2, 0.25) is 0 Å². The first kappa shape index (κ1) is 18.4. The smallest absolute Gasteiger partial charge is 0.339 e. The molecule has 0 saturated carbocycles. The van der Waals surface area contributed by atoms with Crippen LogP contribution in [0.25, 0.3) is 0 Å². The standard InChI is InChI=1S/C21H22N4O2/c1-4-25(16-9-7-8-15(2)12-16)20-13-19(22-14-23-20)24-18-11-6-5-10-17(18)21(26)27-3/h5-14H,4H2,1-3H3,(H,22,23,24). The van der Waals surface area contributed by atoms with Gasteiger partial charge in [0, 0.05) is 18.3 Å². The lowest BCUT2D eigenvalue weighted by Gasteiger charge is -2.23. The van der Waals surface area contributed by atoms with E-state index in [4.69, 9.17) is 4.74 Å². The van der Waals surface area contributed by atoms with Crippen LogP contribution in [0.3, 0.4) is 0 Å². The minimum Gasteiger partial charge on any atom is -0.465 e. The summed E-state index contributed by atoms with van der Waals surface area (Å²) in [5, 5.41) is 3.19. The average Bonchev–Trinajstić information content (AvgIpc) is 2.69. The maximum atomic E-state index is 12.0. The number of nitrogens with zero attached hydrogens (tertiary/aromatic N) is 3. The maximum absolute atomic E-state index is 12.0. The molecule has 0 fully saturated rings. The van der Waals surface area contributed by atoms with Gasteiger partial charge in [0.2, 0.25) is 0 Å². The Bertz CT molecular complexity index is 943. The number of benzene rings is 2. The second kappa shape index (κ2) is 8.31. The molecule has 2 aromatic carbocycles. The summed E-state index contributed by atoms with van der Waals surface area (Å²) in [6, 6.07) is 17.3. The molecule has 0 spiro atoms. The number of carbonyl (C=O) groups excluding carboxylic acids is 1. The third kappa shape index (κ3) is 4.23. The van der Waals surface area contributed by atoms with Crippen molar-refractivity contribution in [3.8, 4) is 0 Å². The van der Waals surface area contributed by atoms with Crippen LogP contribution in [0.15, 0.2) is 60.9 Å². The highest BCUT2D eigenvalue weighted by molar-refractivity contribution is 5.96. The van der Waals surface area contributed by atoms with Crippen molar-refractivity contribution >= 4 is 29.0 Å². The zero-order valence-electron chi connectivity index (χ0n) is 15.6. The predicted molar refractivity (Wildman–Crippen MR) is 107 cm³/mol. The van der Waals surface area contributed by atoms with E-state index < -0.39 is 5.97 Å². The van der Waals surface area contributed by atoms with Crippen LogP contribution in [-0.4, -0.2) is 29.6 Å². The van der Waals surface area contributed by atoms with Gasteiger partial charge < -0.3 is 15.0 Å². The number of hydrogen-bond donors (Lipinski definition) is 1. The molecular weight excluding hydrogens is 340 g/mol. The van der Waals surface area contributed by atoms with Crippen LogP contribution < -0.4 is 10.2 Å². The number of hydrogen-bond acceptors (Lipinski definition) is 6. The molecule has 0 atom stereocenters. The quantitative estimate of drug-likeness (QED) is 0.653. The number of anilines is 4. The van der Waals surface area contributed by atoms with Crippen molar-refractivity contribution in [2.75, 3.05) is 23.9 Å². The highest BCUT2D eigenvalue weighted by Gasteiger charge is 2.13. The molecule has 3 rings (SSSR count). The largest absolute Gasteiger partial charge is 0.465 e. The number of ether oxygens (including phenoxy) is 1. The highest BCUT2D eigenvalue weighted by Crippen LogP contribution is 2.27. The molecule has 0 bridgehead atoms. The third-order valence-corrected chi connectivity index (χ3v) is 4.15. The Morgan fingerprint density at radius 2 is 1.93 bits per heavy atom. The summed E-state index contributed by atoms with van der Waals surface area (Å²) in [5.41, 5.74) is 3.33. The van der Waals surface area contributed by atoms with Crippen molar-refractivity contribution in [3.63, 3.8) is 0 Å². The van der Waals surface area contributed by atoms with Crippen LogP contribution in [0.5, 0.6) is 0 Å². The molecule has 0 aliphatic rings. The fraction of sp³-hybridized carbons (Fsp3) is 0.190. The molecule has 0 aliphatic heterocycles. The van der Waals surface area contributed by atoms with E-state index in [9.17, 15) is 4.79 Å². The SMILES string of the molecule is CCN(c1cccc(C)c1)c1cc(Nc2ccccc2C(=O)OC)ncn1. The van der Waals surface area contributed by atoms with Crippen molar-refractivity contribution in [1.82, 2.24) is 9.97 Å². The highest BCUT2D eigenvalue weighted by atomic mass is 16.5. The van der Waals surface area contributed by atoms with Crippen LogP contribution >= 0.6 is 0 Å². The lowest BCUT2D eigenvalue weighted by Crippen LogP contribution is -2.17. The molecular formula is C21H22N4O2. The summed E-state index contributed by atoms with van der Waals surface area (Å²) in [5.74, 6) is 0.973. The monoisotopic (exact) mass is 362 g/mol. The lowest BCUT2D eigenvalue weighted by atomic mass is 10.2. The van der Waals surface area contributed by atoms with Crippen LogP contribution in [0.1, 0.15) is 22.8 Å². The Hall–Kier alpha value is -3.41. The van der Waals surface area contributed by atoms with E-state index in [0.29, 0.717) is 17.1 Å². The van der Waals surface area contributed by atoms with Crippen LogP contribution in [0.4, 0.5) is 23.0 Å². The fourth-order valence-corrected chi connectivity index (χ4v) is 2.85. The van der Waals surface area contributed by atoms with E-state index in [2.05, 4.69) is 52.2 Å². The molecule has 0 unspecified atom stereocenters. The fourth-order valence-electron chi connectivity index (χ4n) is 2.85. The number of esters is 1. The van der Waals surface area contributed by atoms with Gasteiger partial charge in [0.1, 0.15) is 18.0 Å². The molecule has 0 aliphatic carbocycles. The minimum absolute atomic E-state index is 0.401. The van der Waals surface area contributed by atoms with E-state index in [0.717, 1.165) is 18.1 Å². The predicted octanol–water partition coefficient (Wildman–Crippen LogP) is 4.47. The number of rotatable bonds is 6. The summed E-state index contributed by atoms with van der Waals surface area (Å²) in [6.07, 6.45) is 1.51. The van der Waals surface area contributed by atoms with Crippen molar-refractivity contribution in [3.05, 3.63) is 72.1 Å². The van der Waals surface area contributed by atoms with Crippen LogP contribution in [-0.2, 0) is 4.74 Å². The summed E-state index contributed by atoms with van der Waals surface area (Å²) in [4.78, 5) is 22.8. The normalized spacial score (nSPS) is 10.3. The molecule has 0 amide bonds. The van der Waals surface area contributed by atoms with E-state index in [1.54, 1.807) is 12.1 Å². The molecule has 1 N–H and O–H groups in total. The van der Waals surface area contributed by atoms with Gasteiger partial charge >= 0.3 is 5.97 Å².